The highest BCUT2D eigenvalue weighted by Gasteiger charge is 2.47. The summed E-state index contributed by atoms with van der Waals surface area (Å²) in [4.78, 5) is 32.1. The first-order chi connectivity index (χ1) is 15.8. The lowest BCUT2D eigenvalue weighted by Gasteiger charge is -2.27. The molecule has 1 aliphatic heterocycles. The molecule has 6 nitrogen and oxygen atoms in total. The third kappa shape index (κ3) is 4.12. The maximum Gasteiger partial charge on any atom is 0.300 e. The number of aliphatic hydroxyl groups is 1. The van der Waals surface area contributed by atoms with Crippen molar-refractivity contribution in [2.45, 2.75) is 39.8 Å². The number of ketones is 1. The number of hydrogen-bond donors (Lipinski definition) is 1. The van der Waals surface area contributed by atoms with Gasteiger partial charge in [0.1, 0.15) is 11.5 Å². The fourth-order valence-corrected chi connectivity index (χ4v) is 4.08. The van der Waals surface area contributed by atoms with Crippen LogP contribution in [0.3, 0.4) is 0 Å². The maximum absolute atomic E-state index is 13.3. The molecule has 0 bridgehead atoms. The first-order valence-electron chi connectivity index (χ1n) is 10.8. The van der Waals surface area contributed by atoms with E-state index in [1.165, 1.54) is 4.90 Å². The van der Waals surface area contributed by atoms with E-state index in [0.717, 1.165) is 11.1 Å². The molecule has 1 unspecified atom stereocenters. The Labute approximate surface area is 193 Å². The molecule has 168 valence electrons. The third-order valence-electron chi connectivity index (χ3n) is 5.78. The van der Waals surface area contributed by atoms with Gasteiger partial charge < -0.3 is 9.84 Å². The second-order valence-corrected chi connectivity index (χ2v) is 8.36. The third-order valence-corrected chi connectivity index (χ3v) is 5.78. The summed E-state index contributed by atoms with van der Waals surface area (Å²) in [5, 5.41) is 11.3. The molecular formula is C27H26N2O4. The molecule has 1 saturated heterocycles. The van der Waals surface area contributed by atoms with Crippen LogP contribution in [-0.4, -0.2) is 27.9 Å². The first-order valence-corrected chi connectivity index (χ1v) is 10.8. The molecule has 1 N–H and O–H groups in total. The summed E-state index contributed by atoms with van der Waals surface area (Å²) < 4.78 is 5.74. The van der Waals surface area contributed by atoms with Crippen LogP contribution in [0.25, 0.3) is 5.76 Å². The normalized spacial score (nSPS) is 17.6. The van der Waals surface area contributed by atoms with E-state index in [-0.39, 0.29) is 17.4 Å². The van der Waals surface area contributed by atoms with Gasteiger partial charge in [-0.05, 0) is 74.7 Å². The number of anilines is 1. The predicted octanol–water partition coefficient (Wildman–Crippen LogP) is 5.11. The Morgan fingerprint density at radius 1 is 1.03 bits per heavy atom. The molecule has 1 amide bonds. The highest BCUT2D eigenvalue weighted by atomic mass is 16.5. The van der Waals surface area contributed by atoms with Gasteiger partial charge in [-0.15, -0.1) is 0 Å². The smallest absolute Gasteiger partial charge is 0.300 e. The van der Waals surface area contributed by atoms with E-state index in [2.05, 4.69) is 4.98 Å². The fraction of sp³-hybridized carbons (Fsp3) is 0.222. The molecule has 33 heavy (non-hydrogen) atoms. The molecule has 2 aromatic carbocycles. The Bertz CT molecular complexity index is 1250. The minimum Gasteiger partial charge on any atom is -0.507 e. The minimum absolute atomic E-state index is 0.0359. The van der Waals surface area contributed by atoms with Gasteiger partial charge in [0.15, 0.2) is 0 Å². The quantitative estimate of drug-likeness (QED) is 0.337. The van der Waals surface area contributed by atoms with E-state index in [4.69, 9.17) is 4.74 Å². The summed E-state index contributed by atoms with van der Waals surface area (Å²) in [5.74, 6) is -1.08. The van der Waals surface area contributed by atoms with Gasteiger partial charge >= 0.3 is 0 Å². The average molecular weight is 443 g/mol. The molecule has 0 saturated carbocycles. The van der Waals surface area contributed by atoms with Gasteiger partial charge in [-0.2, -0.15) is 0 Å². The van der Waals surface area contributed by atoms with Gasteiger partial charge in [-0.1, -0.05) is 24.3 Å². The molecule has 0 aliphatic carbocycles. The molecule has 0 radical (unpaired) electrons. The van der Waals surface area contributed by atoms with E-state index >= 15 is 0 Å². The van der Waals surface area contributed by atoms with Gasteiger partial charge in [0.25, 0.3) is 11.7 Å². The van der Waals surface area contributed by atoms with Crippen molar-refractivity contribution in [2.75, 3.05) is 4.90 Å². The van der Waals surface area contributed by atoms with Crippen molar-refractivity contribution in [3.05, 3.63) is 94.8 Å². The maximum atomic E-state index is 13.3. The Morgan fingerprint density at radius 2 is 1.73 bits per heavy atom. The van der Waals surface area contributed by atoms with Crippen LogP contribution < -0.4 is 9.64 Å². The molecule has 1 aliphatic rings. The van der Waals surface area contributed by atoms with Crippen LogP contribution in [-0.2, 0) is 9.59 Å². The summed E-state index contributed by atoms with van der Waals surface area (Å²) in [6.45, 7) is 7.69. The van der Waals surface area contributed by atoms with Crippen molar-refractivity contribution in [3.63, 3.8) is 0 Å². The lowest BCUT2D eigenvalue weighted by molar-refractivity contribution is -0.132. The number of carbonyl (C=O) groups is 2. The van der Waals surface area contributed by atoms with Crippen LogP contribution in [0.4, 0.5) is 5.69 Å². The number of rotatable bonds is 5. The lowest BCUT2D eigenvalue weighted by Crippen LogP contribution is -2.30. The molecule has 2 heterocycles. The minimum atomic E-state index is -0.789. The number of Topliss-reactive ketones (excluding diaryl/α,β-unsaturated/α-hetero) is 1. The Balaban J connectivity index is 1.93. The average Bonchev–Trinajstić information content (AvgIpc) is 3.06. The van der Waals surface area contributed by atoms with Crippen molar-refractivity contribution >= 4 is 23.1 Å². The Kier molecular flexibility index (Phi) is 6.01. The van der Waals surface area contributed by atoms with Crippen LogP contribution in [0.2, 0.25) is 0 Å². The number of amides is 1. The molecule has 1 aromatic heterocycles. The number of aromatic nitrogens is 1. The largest absolute Gasteiger partial charge is 0.507 e. The number of benzene rings is 2. The molecule has 1 atom stereocenters. The van der Waals surface area contributed by atoms with Crippen molar-refractivity contribution in [2.24, 2.45) is 0 Å². The van der Waals surface area contributed by atoms with Crippen LogP contribution >= 0.6 is 0 Å². The molecule has 3 aromatic rings. The number of hydrogen-bond acceptors (Lipinski definition) is 5. The van der Waals surface area contributed by atoms with Gasteiger partial charge in [0.05, 0.1) is 17.7 Å². The van der Waals surface area contributed by atoms with Crippen molar-refractivity contribution in [3.8, 4) is 5.75 Å². The lowest BCUT2D eigenvalue weighted by atomic mass is 9.95. The van der Waals surface area contributed by atoms with Crippen molar-refractivity contribution in [1.29, 1.82) is 0 Å². The van der Waals surface area contributed by atoms with Crippen LogP contribution in [0.15, 0.2) is 72.6 Å². The summed E-state index contributed by atoms with van der Waals surface area (Å²) in [6, 6.07) is 15.2. The zero-order chi connectivity index (χ0) is 23.7. The monoisotopic (exact) mass is 442 g/mol. The number of aliphatic hydroxyl groups excluding tert-OH is 1. The molecule has 1 fully saturated rings. The van der Waals surface area contributed by atoms with Gasteiger partial charge in [0.2, 0.25) is 0 Å². The molecular weight excluding hydrogens is 416 g/mol. The van der Waals surface area contributed by atoms with E-state index in [9.17, 15) is 14.7 Å². The van der Waals surface area contributed by atoms with Crippen molar-refractivity contribution in [1.82, 2.24) is 4.98 Å². The first kappa shape index (κ1) is 22.3. The number of nitrogens with zero attached hydrogens (tertiary/aromatic N) is 2. The Morgan fingerprint density at radius 3 is 2.42 bits per heavy atom. The second-order valence-electron chi connectivity index (χ2n) is 8.36. The predicted molar refractivity (Wildman–Crippen MR) is 127 cm³/mol. The summed E-state index contributed by atoms with van der Waals surface area (Å²) in [6.07, 6.45) is 3.17. The number of carbonyl (C=O) groups excluding carboxylic acids is 2. The zero-order valence-corrected chi connectivity index (χ0v) is 19.1. The standard InChI is InChI=1S/C27H26N2O4/c1-16(2)33-21-9-6-8-20(15-21)25(30)23-24(19-11-13-28-14-12-19)29(27(32)26(23)31)22-10-5-7-17(3)18(22)4/h5-16,24,30H,1-4H3/b25-23+. The molecule has 6 heteroatoms. The highest BCUT2D eigenvalue weighted by Crippen LogP contribution is 2.43. The number of aryl methyl sites for hydroxylation is 1. The fourth-order valence-electron chi connectivity index (χ4n) is 4.08. The van der Waals surface area contributed by atoms with Crippen LogP contribution in [0.1, 0.15) is 42.1 Å². The van der Waals surface area contributed by atoms with Gasteiger partial charge in [-0.25, -0.2) is 0 Å². The zero-order valence-electron chi connectivity index (χ0n) is 19.1. The molecule has 4 rings (SSSR count). The van der Waals surface area contributed by atoms with Crippen LogP contribution in [0, 0.1) is 13.8 Å². The topological polar surface area (TPSA) is 79.7 Å². The SMILES string of the molecule is Cc1cccc(N2C(=O)C(=O)/C(=C(/O)c3cccc(OC(C)C)c3)C2c2ccncc2)c1C. The highest BCUT2D eigenvalue weighted by molar-refractivity contribution is 6.51. The van der Waals surface area contributed by atoms with Crippen LogP contribution in [0.5, 0.6) is 5.75 Å². The van der Waals surface area contributed by atoms with Crippen molar-refractivity contribution < 1.29 is 19.4 Å². The van der Waals surface area contributed by atoms with E-state index in [1.807, 2.05) is 45.9 Å². The summed E-state index contributed by atoms with van der Waals surface area (Å²) in [5.41, 5.74) is 3.66. The van der Waals surface area contributed by atoms with Gasteiger partial charge in [-0.3, -0.25) is 19.5 Å². The second kappa shape index (κ2) is 8.90. The molecule has 0 spiro atoms. The van der Waals surface area contributed by atoms with E-state index in [1.54, 1.807) is 48.8 Å². The van der Waals surface area contributed by atoms with E-state index in [0.29, 0.717) is 22.6 Å². The number of pyridine rings is 1. The van der Waals surface area contributed by atoms with Gasteiger partial charge in [0, 0.05) is 23.6 Å². The number of ether oxygens (including phenoxy) is 1. The van der Waals surface area contributed by atoms with E-state index < -0.39 is 17.7 Å². The Hall–Kier alpha value is -3.93. The summed E-state index contributed by atoms with van der Waals surface area (Å²) in [7, 11) is 0. The summed E-state index contributed by atoms with van der Waals surface area (Å²) >= 11 is 0.